The summed E-state index contributed by atoms with van der Waals surface area (Å²) in [5, 5.41) is 3.63. The van der Waals surface area contributed by atoms with Gasteiger partial charge < -0.3 is 15.1 Å². The van der Waals surface area contributed by atoms with E-state index in [-0.39, 0.29) is 11.8 Å². The standard InChI is InChI=1S/C21H22ClN3O2/c1-14-17(22)3-2-4-19(14)24-9-11-25(12-10-24)21(27)16-5-7-18-15(13-16)6-8-20(26)23-18/h2-5,7,13H,6,8-12H2,1H3,(H,23,26). The van der Waals surface area contributed by atoms with E-state index in [0.29, 0.717) is 31.5 Å². The average Bonchev–Trinajstić information content (AvgIpc) is 2.69. The lowest BCUT2D eigenvalue weighted by atomic mass is 10.00. The summed E-state index contributed by atoms with van der Waals surface area (Å²) in [7, 11) is 0. The number of carbonyl (C=O) groups excluding carboxylic acids is 2. The molecule has 0 atom stereocenters. The van der Waals surface area contributed by atoms with Crippen molar-refractivity contribution in [1.29, 1.82) is 0 Å². The molecule has 2 heterocycles. The van der Waals surface area contributed by atoms with Gasteiger partial charge in [0.1, 0.15) is 0 Å². The van der Waals surface area contributed by atoms with Crippen LogP contribution in [0.25, 0.3) is 0 Å². The zero-order valence-electron chi connectivity index (χ0n) is 15.3. The lowest BCUT2D eigenvalue weighted by Crippen LogP contribution is -2.49. The summed E-state index contributed by atoms with van der Waals surface area (Å²) < 4.78 is 0. The van der Waals surface area contributed by atoms with Crippen molar-refractivity contribution in [2.75, 3.05) is 36.4 Å². The van der Waals surface area contributed by atoms with Crippen LogP contribution >= 0.6 is 11.6 Å². The highest BCUT2D eigenvalue weighted by atomic mass is 35.5. The van der Waals surface area contributed by atoms with Crippen LogP contribution in [0, 0.1) is 6.92 Å². The third-order valence-electron chi connectivity index (χ3n) is 5.39. The summed E-state index contributed by atoms with van der Waals surface area (Å²) in [6.07, 6.45) is 1.16. The molecular formula is C21H22ClN3O2. The first-order valence-electron chi connectivity index (χ1n) is 9.25. The van der Waals surface area contributed by atoms with Crippen LogP contribution in [0.2, 0.25) is 5.02 Å². The Morgan fingerprint density at radius 1 is 1.07 bits per heavy atom. The van der Waals surface area contributed by atoms with Crippen LogP contribution in [0.5, 0.6) is 0 Å². The van der Waals surface area contributed by atoms with Crippen molar-refractivity contribution in [1.82, 2.24) is 4.90 Å². The molecule has 2 aromatic carbocycles. The van der Waals surface area contributed by atoms with E-state index in [1.165, 1.54) is 0 Å². The van der Waals surface area contributed by atoms with Crippen LogP contribution in [-0.2, 0) is 11.2 Å². The number of amides is 2. The summed E-state index contributed by atoms with van der Waals surface area (Å²) in [5.74, 6) is 0.0890. The second-order valence-corrected chi connectivity index (χ2v) is 7.49. The molecule has 27 heavy (non-hydrogen) atoms. The quantitative estimate of drug-likeness (QED) is 0.863. The first kappa shape index (κ1) is 17.9. The Balaban J connectivity index is 1.44. The highest BCUT2D eigenvalue weighted by molar-refractivity contribution is 6.31. The van der Waals surface area contributed by atoms with Crippen molar-refractivity contribution in [3.63, 3.8) is 0 Å². The maximum absolute atomic E-state index is 12.9. The minimum absolute atomic E-state index is 0.0361. The van der Waals surface area contributed by atoms with Gasteiger partial charge in [0.05, 0.1) is 0 Å². The van der Waals surface area contributed by atoms with Gasteiger partial charge in [-0.2, -0.15) is 0 Å². The molecule has 0 saturated carbocycles. The number of carbonyl (C=O) groups is 2. The number of rotatable bonds is 2. The first-order chi connectivity index (χ1) is 13.0. The molecule has 4 rings (SSSR count). The van der Waals surface area contributed by atoms with Crippen molar-refractivity contribution in [2.24, 2.45) is 0 Å². The summed E-state index contributed by atoms with van der Waals surface area (Å²) in [6.45, 7) is 4.96. The summed E-state index contributed by atoms with van der Waals surface area (Å²) in [4.78, 5) is 28.6. The van der Waals surface area contributed by atoms with Crippen molar-refractivity contribution in [3.05, 3.63) is 58.1 Å². The highest BCUT2D eigenvalue weighted by Gasteiger charge is 2.24. The number of benzene rings is 2. The molecule has 0 aromatic heterocycles. The molecule has 0 aliphatic carbocycles. The number of hydrogen-bond acceptors (Lipinski definition) is 3. The van der Waals surface area contributed by atoms with Crippen molar-refractivity contribution < 1.29 is 9.59 Å². The van der Waals surface area contributed by atoms with Crippen LogP contribution in [-0.4, -0.2) is 42.9 Å². The minimum Gasteiger partial charge on any atom is -0.368 e. The van der Waals surface area contributed by atoms with Gasteiger partial charge in [-0.3, -0.25) is 9.59 Å². The Kier molecular flexibility index (Phi) is 4.79. The van der Waals surface area contributed by atoms with Gasteiger partial charge in [0.25, 0.3) is 5.91 Å². The minimum atomic E-state index is 0.0361. The summed E-state index contributed by atoms with van der Waals surface area (Å²) >= 11 is 6.24. The Labute approximate surface area is 163 Å². The molecule has 1 N–H and O–H groups in total. The predicted octanol–water partition coefficient (Wildman–Crippen LogP) is 3.50. The van der Waals surface area contributed by atoms with E-state index in [0.717, 1.165) is 40.6 Å². The van der Waals surface area contributed by atoms with Crippen LogP contribution in [0.3, 0.4) is 0 Å². The Hall–Kier alpha value is -2.53. The number of nitrogens with one attached hydrogen (secondary N) is 1. The molecule has 0 unspecified atom stereocenters. The second kappa shape index (κ2) is 7.24. The van der Waals surface area contributed by atoms with Crippen molar-refractivity contribution in [2.45, 2.75) is 19.8 Å². The molecule has 0 bridgehead atoms. The van der Waals surface area contributed by atoms with E-state index in [1.807, 2.05) is 36.1 Å². The van der Waals surface area contributed by atoms with Crippen molar-refractivity contribution >= 4 is 34.8 Å². The monoisotopic (exact) mass is 383 g/mol. The number of fused-ring (bicyclic) bond motifs is 1. The molecule has 0 spiro atoms. The molecule has 1 fully saturated rings. The van der Waals surface area contributed by atoms with Gasteiger partial charge >= 0.3 is 0 Å². The number of anilines is 2. The largest absolute Gasteiger partial charge is 0.368 e. The lowest BCUT2D eigenvalue weighted by Gasteiger charge is -2.37. The highest BCUT2D eigenvalue weighted by Crippen LogP contribution is 2.28. The van der Waals surface area contributed by atoms with Gasteiger partial charge in [0, 0.05) is 54.6 Å². The number of aryl methyl sites for hydroxylation is 1. The van der Waals surface area contributed by atoms with Crippen molar-refractivity contribution in [3.8, 4) is 0 Å². The van der Waals surface area contributed by atoms with Gasteiger partial charge in [-0.1, -0.05) is 17.7 Å². The molecule has 0 radical (unpaired) electrons. The predicted molar refractivity (Wildman–Crippen MR) is 108 cm³/mol. The molecule has 2 amide bonds. The van der Waals surface area contributed by atoms with Crippen LogP contribution in [0.4, 0.5) is 11.4 Å². The van der Waals surface area contributed by atoms with Crippen LogP contribution < -0.4 is 10.2 Å². The molecule has 6 heteroatoms. The van der Waals surface area contributed by atoms with Crippen LogP contribution in [0.1, 0.15) is 27.9 Å². The number of nitrogens with zero attached hydrogens (tertiary/aromatic N) is 2. The number of piperazine rings is 1. The molecule has 5 nitrogen and oxygen atoms in total. The zero-order chi connectivity index (χ0) is 19.0. The van der Waals surface area contributed by atoms with E-state index < -0.39 is 0 Å². The van der Waals surface area contributed by atoms with Crippen LogP contribution in [0.15, 0.2) is 36.4 Å². The Morgan fingerprint density at radius 2 is 1.85 bits per heavy atom. The zero-order valence-corrected chi connectivity index (χ0v) is 16.1. The fourth-order valence-electron chi connectivity index (χ4n) is 3.79. The average molecular weight is 384 g/mol. The molecule has 1 saturated heterocycles. The van der Waals surface area contributed by atoms with E-state index >= 15 is 0 Å². The SMILES string of the molecule is Cc1c(Cl)cccc1N1CCN(C(=O)c2ccc3c(c2)CCC(=O)N3)CC1. The summed E-state index contributed by atoms with van der Waals surface area (Å²) in [5.41, 5.74) is 4.77. The Bertz CT molecular complexity index is 904. The van der Waals surface area contributed by atoms with E-state index in [1.54, 1.807) is 6.07 Å². The fourth-order valence-corrected chi connectivity index (χ4v) is 3.96. The maximum Gasteiger partial charge on any atom is 0.253 e. The lowest BCUT2D eigenvalue weighted by molar-refractivity contribution is -0.116. The topological polar surface area (TPSA) is 52.7 Å². The van der Waals surface area contributed by atoms with Gasteiger partial charge in [0.2, 0.25) is 5.91 Å². The van der Waals surface area contributed by atoms with Gasteiger partial charge in [-0.15, -0.1) is 0 Å². The normalized spacial score (nSPS) is 16.7. The van der Waals surface area contributed by atoms with E-state index in [9.17, 15) is 9.59 Å². The van der Waals surface area contributed by atoms with Gasteiger partial charge in [-0.05, 0) is 54.8 Å². The summed E-state index contributed by atoms with van der Waals surface area (Å²) in [6, 6.07) is 11.5. The third-order valence-corrected chi connectivity index (χ3v) is 5.80. The molecule has 140 valence electrons. The smallest absolute Gasteiger partial charge is 0.253 e. The fraction of sp³-hybridized carbons (Fsp3) is 0.333. The maximum atomic E-state index is 12.9. The molecular weight excluding hydrogens is 362 g/mol. The number of hydrogen-bond donors (Lipinski definition) is 1. The second-order valence-electron chi connectivity index (χ2n) is 7.08. The Morgan fingerprint density at radius 3 is 2.63 bits per heavy atom. The van der Waals surface area contributed by atoms with E-state index in [4.69, 9.17) is 11.6 Å². The van der Waals surface area contributed by atoms with Gasteiger partial charge in [-0.25, -0.2) is 0 Å². The molecule has 2 aliphatic rings. The number of halogens is 1. The van der Waals surface area contributed by atoms with E-state index in [2.05, 4.69) is 16.3 Å². The molecule has 2 aromatic rings. The third kappa shape index (κ3) is 3.52. The molecule has 2 aliphatic heterocycles. The first-order valence-corrected chi connectivity index (χ1v) is 9.63. The van der Waals surface area contributed by atoms with Gasteiger partial charge in [0.15, 0.2) is 0 Å².